The Kier molecular flexibility index (Phi) is 7.74. The first-order valence-electron chi connectivity index (χ1n) is 11.4. The molecule has 0 aliphatic carbocycles. The van der Waals surface area contributed by atoms with Crippen LogP contribution in [0.1, 0.15) is 52.7 Å². The zero-order valence-electron chi connectivity index (χ0n) is 21.6. The monoisotopic (exact) mass is 489 g/mol. The van der Waals surface area contributed by atoms with Gasteiger partial charge in [-0.05, 0) is 65.8 Å². The number of aromatic nitrogens is 2. The predicted molar refractivity (Wildman–Crippen MR) is 138 cm³/mol. The molecule has 0 saturated carbocycles. The molecule has 188 valence electrons. The lowest BCUT2D eigenvalue weighted by molar-refractivity contribution is 0.0542. The van der Waals surface area contributed by atoms with Crippen molar-refractivity contribution in [3.63, 3.8) is 0 Å². The summed E-state index contributed by atoms with van der Waals surface area (Å²) in [5, 5.41) is 2.55. The molecule has 1 N–H and O–H groups in total. The van der Waals surface area contributed by atoms with Gasteiger partial charge in [-0.3, -0.25) is 5.32 Å². The first-order valence-corrected chi connectivity index (χ1v) is 11.4. The third-order valence-corrected chi connectivity index (χ3v) is 4.56. The van der Waals surface area contributed by atoms with Crippen LogP contribution in [-0.4, -0.2) is 40.0 Å². The van der Waals surface area contributed by atoms with E-state index in [0.717, 1.165) is 11.1 Å². The van der Waals surface area contributed by atoms with Crippen LogP contribution in [-0.2, 0) is 9.47 Å². The van der Waals surface area contributed by atoms with Crippen molar-refractivity contribution in [1.29, 1.82) is 0 Å². The largest absolute Gasteiger partial charge is 0.495 e. The zero-order valence-corrected chi connectivity index (χ0v) is 21.6. The second kappa shape index (κ2) is 10.6. The van der Waals surface area contributed by atoms with E-state index < -0.39 is 23.4 Å². The highest BCUT2D eigenvalue weighted by atomic mass is 16.6. The topological polar surface area (TPSA) is 91.7 Å². The molecule has 0 aliphatic rings. The van der Waals surface area contributed by atoms with Gasteiger partial charge in [-0.15, -0.1) is 0 Å². The average Bonchev–Trinajstić information content (AvgIpc) is 3.19. The Morgan fingerprint density at radius 1 is 0.917 bits per heavy atom. The zero-order chi connectivity index (χ0) is 26.5. The van der Waals surface area contributed by atoms with Gasteiger partial charge in [0.25, 0.3) is 0 Å². The Hall–Kier alpha value is -4.25. The maximum absolute atomic E-state index is 13.1. The van der Waals surface area contributed by atoms with Crippen molar-refractivity contribution in [2.75, 3.05) is 12.4 Å². The second-order valence-corrected chi connectivity index (χ2v) is 9.94. The van der Waals surface area contributed by atoms with Crippen molar-refractivity contribution < 1.29 is 23.8 Å². The fourth-order valence-electron chi connectivity index (χ4n) is 3.17. The molecule has 0 fully saturated rings. The van der Waals surface area contributed by atoms with Gasteiger partial charge in [-0.1, -0.05) is 36.1 Å². The minimum atomic E-state index is -0.760. The minimum Gasteiger partial charge on any atom is -0.495 e. The van der Waals surface area contributed by atoms with E-state index in [2.05, 4.69) is 22.1 Å². The number of hydrogen-bond acceptors (Lipinski definition) is 6. The molecule has 1 heterocycles. The van der Waals surface area contributed by atoms with Crippen LogP contribution >= 0.6 is 0 Å². The third-order valence-electron chi connectivity index (χ3n) is 4.56. The number of methoxy groups -OCH3 is 1. The number of nitrogens with zero attached hydrogens (tertiary/aromatic N) is 2. The molecule has 0 atom stereocenters. The maximum Gasteiger partial charge on any atom is 0.421 e. The second-order valence-electron chi connectivity index (χ2n) is 9.94. The molecule has 0 spiro atoms. The van der Waals surface area contributed by atoms with E-state index in [1.165, 1.54) is 10.8 Å². The number of nitrogens with one attached hydrogen (secondary N) is 1. The molecule has 0 bridgehead atoms. The number of hydrogen-bond donors (Lipinski definition) is 1. The smallest absolute Gasteiger partial charge is 0.421 e. The van der Waals surface area contributed by atoms with Crippen LogP contribution in [0.5, 0.6) is 5.75 Å². The van der Waals surface area contributed by atoms with Gasteiger partial charge < -0.3 is 14.2 Å². The first-order chi connectivity index (χ1) is 16.9. The molecular formula is C28H31N3O5. The van der Waals surface area contributed by atoms with Crippen LogP contribution in [0.25, 0.3) is 11.3 Å². The van der Waals surface area contributed by atoms with Crippen molar-refractivity contribution in [3.8, 4) is 28.8 Å². The van der Waals surface area contributed by atoms with Crippen molar-refractivity contribution in [2.24, 2.45) is 0 Å². The van der Waals surface area contributed by atoms with Crippen LogP contribution in [0, 0.1) is 11.8 Å². The van der Waals surface area contributed by atoms with Crippen LogP contribution in [0.4, 0.5) is 15.5 Å². The fourth-order valence-corrected chi connectivity index (χ4v) is 3.17. The molecule has 36 heavy (non-hydrogen) atoms. The summed E-state index contributed by atoms with van der Waals surface area (Å²) < 4.78 is 17.5. The number of ether oxygens (including phenoxy) is 3. The SMILES string of the molecule is COc1ccccc1C#Cc1cccc(-c2cnc(NC(=O)OC(C)(C)C)n2C(=O)OC(C)(C)C)c1. The number of anilines is 1. The standard InChI is InChI=1S/C28H31N3O5/c1-27(2,3)35-25(32)30-24-29-18-22(31(24)26(33)36-28(4,5)6)21-13-10-11-19(17-21)15-16-20-12-8-9-14-23(20)34-7/h8-14,17-18H,1-7H3,(H,29,30,32). The van der Waals surface area contributed by atoms with E-state index in [9.17, 15) is 9.59 Å². The molecule has 0 radical (unpaired) electrons. The molecule has 3 rings (SSSR count). The summed E-state index contributed by atoms with van der Waals surface area (Å²) >= 11 is 0. The van der Waals surface area contributed by atoms with E-state index in [1.54, 1.807) is 48.7 Å². The summed E-state index contributed by atoms with van der Waals surface area (Å²) in [5.74, 6) is 6.92. The van der Waals surface area contributed by atoms with E-state index in [1.807, 2.05) is 48.5 Å². The molecule has 8 nitrogen and oxygen atoms in total. The number of benzene rings is 2. The Bertz CT molecular complexity index is 1320. The number of rotatable bonds is 3. The molecule has 8 heteroatoms. The Labute approximate surface area is 211 Å². The summed E-state index contributed by atoms with van der Waals surface area (Å²) in [7, 11) is 1.60. The van der Waals surface area contributed by atoms with Gasteiger partial charge in [0.15, 0.2) is 0 Å². The molecule has 0 aliphatic heterocycles. The predicted octanol–water partition coefficient (Wildman–Crippen LogP) is 6.09. The van der Waals surface area contributed by atoms with Gasteiger partial charge in [-0.2, -0.15) is 0 Å². The third kappa shape index (κ3) is 7.12. The Balaban J connectivity index is 2.01. The minimum absolute atomic E-state index is 0.0148. The highest BCUT2D eigenvalue weighted by molar-refractivity contribution is 5.89. The van der Waals surface area contributed by atoms with Crippen LogP contribution in [0.3, 0.4) is 0 Å². The number of amides is 1. The van der Waals surface area contributed by atoms with Gasteiger partial charge >= 0.3 is 12.2 Å². The summed E-state index contributed by atoms with van der Waals surface area (Å²) in [4.78, 5) is 29.8. The van der Waals surface area contributed by atoms with Crippen molar-refractivity contribution >= 4 is 18.1 Å². The van der Waals surface area contributed by atoms with E-state index >= 15 is 0 Å². The Morgan fingerprint density at radius 3 is 2.28 bits per heavy atom. The molecule has 3 aromatic rings. The van der Waals surface area contributed by atoms with Gasteiger partial charge in [0.1, 0.15) is 17.0 Å². The number of carbonyl (C=O) groups is 2. The van der Waals surface area contributed by atoms with Gasteiger partial charge in [0.2, 0.25) is 5.95 Å². The van der Waals surface area contributed by atoms with E-state index in [4.69, 9.17) is 14.2 Å². The molecule has 0 saturated heterocycles. The normalized spacial score (nSPS) is 11.2. The molecular weight excluding hydrogens is 458 g/mol. The highest BCUT2D eigenvalue weighted by Crippen LogP contribution is 2.26. The van der Waals surface area contributed by atoms with Crippen LogP contribution in [0.2, 0.25) is 0 Å². The summed E-state index contributed by atoms with van der Waals surface area (Å²) in [5.41, 5.74) is 1.09. The molecule has 1 amide bonds. The van der Waals surface area contributed by atoms with E-state index in [0.29, 0.717) is 17.0 Å². The summed E-state index contributed by atoms with van der Waals surface area (Å²) in [6.07, 6.45) is 0.0658. The van der Waals surface area contributed by atoms with Crippen molar-refractivity contribution in [2.45, 2.75) is 52.7 Å². The highest BCUT2D eigenvalue weighted by Gasteiger charge is 2.26. The number of carbonyl (C=O) groups excluding carboxylic acids is 2. The maximum atomic E-state index is 13.1. The Morgan fingerprint density at radius 2 is 1.61 bits per heavy atom. The fraction of sp³-hybridized carbons (Fsp3) is 0.321. The molecule has 2 aromatic carbocycles. The van der Waals surface area contributed by atoms with Crippen LogP contribution < -0.4 is 10.1 Å². The average molecular weight is 490 g/mol. The lowest BCUT2D eigenvalue weighted by Gasteiger charge is -2.22. The first kappa shape index (κ1) is 26.4. The summed E-state index contributed by atoms with van der Waals surface area (Å²) in [6, 6.07) is 14.8. The van der Waals surface area contributed by atoms with E-state index in [-0.39, 0.29) is 5.95 Å². The van der Waals surface area contributed by atoms with Gasteiger partial charge in [0.05, 0.1) is 24.6 Å². The molecule has 1 aromatic heterocycles. The van der Waals surface area contributed by atoms with Crippen LogP contribution in [0.15, 0.2) is 54.7 Å². The number of imidazole rings is 1. The lowest BCUT2D eigenvalue weighted by atomic mass is 10.1. The van der Waals surface area contributed by atoms with Crippen molar-refractivity contribution in [1.82, 2.24) is 9.55 Å². The summed E-state index contributed by atoms with van der Waals surface area (Å²) in [6.45, 7) is 10.5. The van der Waals surface area contributed by atoms with Gasteiger partial charge in [-0.25, -0.2) is 19.1 Å². The lowest BCUT2D eigenvalue weighted by Crippen LogP contribution is -2.31. The van der Waals surface area contributed by atoms with Gasteiger partial charge in [0, 0.05) is 11.1 Å². The van der Waals surface area contributed by atoms with Crippen molar-refractivity contribution in [3.05, 3.63) is 65.9 Å². The quantitative estimate of drug-likeness (QED) is 0.448. The number of para-hydroxylation sites is 1. The molecule has 0 unspecified atom stereocenters.